The van der Waals surface area contributed by atoms with Gasteiger partial charge in [-0.1, -0.05) is 60.7 Å². The number of hydrogen-bond acceptors (Lipinski definition) is 3. The highest BCUT2D eigenvalue weighted by Gasteiger charge is 2.13. The molecule has 2 aromatic carbocycles. The van der Waals surface area contributed by atoms with Gasteiger partial charge in [0.2, 0.25) is 0 Å². The summed E-state index contributed by atoms with van der Waals surface area (Å²) < 4.78 is 3.57. The van der Waals surface area contributed by atoms with Crippen molar-refractivity contribution in [2.45, 2.75) is 13.1 Å². The first kappa shape index (κ1) is 15.1. The summed E-state index contributed by atoms with van der Waals surface area (Å²) in [7, 11) is 0. The largest absolute Gasteiger partial charge is 0.328 e. The summed E-state index contributed by atoms with van der Waals surface area (Å²) in [6, 6.07) is 19.8. The monoisotopic (exact) mass is 331 g/mol. The van der Waals surface area contributed by atoms with Crippen LogP contribution in [0.15, 0.2) is 71.8 Å². The number of aromatic nitrogens is 4. The number of nitrogens with one attached hydrogen (secondary N) is 2. The second kappa shape index (κ2) is 6.24. The Balaban J connectivity index is 1.88. The van der Waals surface area contributed by atoms with Crippen LogP contribution >= 0.6 is 0 Å². The van der Waals surface area contributed by atoms with E-state index in [4.69, 9.17) is 5.41 Å². The minimum Gasteiger partial charge on any atom is -0.312 e. The third-order valence-corrected chi connectivity index (χ3v) is 4.17. The summed E-state index contributed by atoms with van der Waals surface area (Å²) in [6.45, 7) is 1.02. The fourth-order valence-corrected chi connectivity index (χ4v) is 2.98. The normalized spacial score (nSPS) is 11.0. The van der Waals surface area contributed by atoms with Gasteiger partial charge in [-0.05, 0) is 11.1 Å². The topological polar surface area (TPSA) is 79.5 Å². The van der Waals surface area contributed by atoms with Crippen LogP contribution in [0.1, 0.15) is 11.1 Å². The van der Waals surface area contributed by atoms with Crippen LogP contribution in [0.4, 0.5) is 0 Å². The zero-order chi connectivity index (χ0) is 17.2. The van der Waals surface area contributed by atoms with Crippen molar-refractivity contribution in [1.82, 2.24) is 19.1 Å². The smallest absolute Gasteiger partial charge is 0.312 e. The van der Waals surface area contributed by atoms with Crippen LogP contribution < -0.4 is 11.2 Å². The molecule has 4 rings (SSSR count). The Labute approximate surface area is 143 Å². The molecule has 2 aromatic heterocycles. The lowest BCUT2D eigenvalue weighted by atomic mass is 10.2. The SMILES string of the molecule is N=c1ncn(Cc2ccccc2)c2c1[nH]c(=O)n2Cc1ccccc1. The number of rotatable bonds is 4. The Morgan fingerprint density at radius 2 is 1.52 bits per heavy atom. The molecule has 0 spiro atoms. The van der Waals surface area contributed by atoms with Gasteiger partial charge in [-0.3, -0.25) is 9.98 Å². The molecule has 4 aromatic rings. The first-order valence-electron chi connectivity index (χ1n) is 8.03. The molecule has 25 heavy (non-hydrogen) atoms. The maximum atomic E-state index is 12.5. The summed E-state index contributed by atoms with van der Waals surface area (Å²) in [6.07, 6.45) is 1.62. The van der Waals surface area contributed by atoms with E-state index < -0.39 is 0 Å². The molecule has 0 aliphatic rings. The van der Waals surface area contributed by atoms with E-state index in [1.807, 2.05) is 65.2 Å². The van der Waals surface area contributed by atoms with E-state index in [2.05, 4.69) is 9.97 Å². The molecule has 0 amide bonds. The lowest BCUT2D eigenvalue weighted by molar-refractivity contribution is 0.715. The summed E-state index contributed by atoms with van der Waals surface area (Å²) in [5.74, 6) is 0. The van der Waals surface area contributed by atoms with Gasteiger partial charge < -0.3 is 9.55 Å². The van der Waals surface area contributed by atoms with Gasteiger partial charge in [0.25, 0.3) is 0 Å². The molecule has 124 valence electrons. The van der Waals surface area contributed by atoms with Crippen molar-refractivity contribution < 1.29 is 0 Å². The third kappa shape index (κ3) is 2.89. The predicted molar refractivity (Wildman–Crippen MR) is 95.3 cm³/mol. The van der Waals surface area contributed by atoms with Crippen LogP contribution in [-0.2, 0) is 13.1 Å². The van der Waals surface area contributed by atoms with Gasteiger partial charge in [-0.25, -0.2) is 9.78 Å². The van der Waals surface area contributed by atoms with E-state index in [9.17, 15) is 4.79 Å². The predicted octanol–water partition coefficient (Wildman–Crippen LogP) is 2.10. The minimum absolute atomic E-state index is 0.0724. The first-order valence-corrected chi connectivity index (χ1v) is 8.03. The zero-order valence-electron chi connectivity index (χ0n) is 13.5. The molecule has 0 atom stereocenters. The van der Waals surface area contributed by atoms with Crippen molar-refractivity contribution >= 4 is 11.2 Å². The molecule has 6 heteroatoms. The molecule has 0 fully saturated rings. The first-order chi connectivity index (χ1) is 12.2. The van der Waals surface area contributed by atoms with Crippen LogP contribution in [0.3, 0.4) is 0 Å². The van der Waals surface area contributed by atoms with Gasteiger partial charge in [-0.2, -0.15) is 0 Å². The lowest BCUT2D eigenvalue weighted by Crippen LogP contribution is -2.20. The molecule has 6 nitrogen and oxygen atoms in total. The van der Waals surface area contributed by atoms with Gasteiger partial charge >= 0.3 is 5.69 Å². The zero-order valence-corrected chi connectivity index (χ0v) is 13.5. The number of H-pyrrole nitrogens is 1. The average molecular weight is 331 g/mol. The number of benzene rings is 2. The number of imidazole rings is 1. The number of fused-ring (bicyclic) bond motifs is 1. The van der Waals surface area contributed by atoms with Crippen molar-refractivity contribution in [2.24, 2.45) is 0 Å². The van der Waals surface area contributed by atoms with Crippen LogP contribution in [0.5, 0.6) is 0 Å². The Bertz CT molecular complexity index is 1120. The maximum absolute atomic E-state index is 12.5. The second-order valence-electron chi connectivity index (χ2n) is 5.91. The summed E-state index contributed by atoms with van der Waals surface area (Å²) in [4.78, 5) is 19.4. The molecular formula is C19H17N5O. The highest BCUT2D eigenvalue weighted by molar-refractivity contribution is 5.69. The molecule has 0 unspecified atom stereocenters. The quantitative estimate of drug-likeness (QED) is 0.600. The molecule has 0 saturated carbocycles. The second-order valence-corrected chi connectivity index (χ2v) is 5.91. The molecular weight excluding hydrogens is 314 g/mol. The molecule has 0 bridgehead atoms. The van der Waals surface area contributed by atoms with Crippen LogP contribution in [0.25, 0.3) is 11.2 Å². The van der Waals surface area contributed by atoms with Crippen LogP contribution in [0.2, 0.25) is 0 Å². The van der Waals surface area contributed by atoms with Gasteiger partial charge in [0.1, 0.15) is 11.2 Å². The minimum atomic E-state index is -0.234. The van der Waals surface area contributed by atoms with Crippen molar-refractivity contribution in [3.05, 3.63) is 94.1 Å². The number of hydrogen-bond donors (Lipinski definition) is 2. The molecule has 0 aliphatic heterocycles. The van der Waals surface area contributed by atoms with Gasteiger partial charge in [-0.15, -0.1) is 0 Å². The molecule has 0 radical (unpaired) electrons. The standard InChI is InChI=1S/C19H17N5O/c20-17-16-18(23(13-21-17)11-14-7-3-1-4-8-14)24(19(25)22-16)12-15-9-5-2-6-10-15/h1-10,13,20H,11-12H2,(H,22,25). The fraction of sp³-hybridized carbons (Fsp3) is 0.105. The summed E-state index contributed by atoms with van der Waals surface area (Å²) >= 11 is 0. The number of aromatic amines is 1. The van der Waals surface area contributed by atoms with Gasteiger partial charge in [0.15, 0.2) is 5.49 Å². The van der Waals surface area contributed by atoms with Crippen molar-refractivity contribution in [2.75, 3.05) is 0 Å². The summed E-state index contributed by atoms with van der Waals surface area (Å²) in [5, 5.41) is 8.02. The Morgan fingerprint density at radius 3 is 2.16 bits per heavy atom. The molecule has 0 saturated heterocycles. The van der Waals surface area contributed by atoms with Crippen molar-refractivity contribution in [3.63, 3.8) is 0 Å². The van der Waals surface area contributed by atoms with E-state index in [1.165, 1.54) is 0 Å². The maximum Gasteiger partial charge on any atom is 0.328 e. The lowest BCUT2D eigenvalue weighted by Gasteiger charge is -2.11. The van der Waals surface area contributed by atoms with E-state index >= 15 is 0 Å². The van der Waals surface area contributed by atoms with Crippen molar-refractivity contribution in [3.8, 4) is 0 Å². The van der Waals surface area contributed by atoms with Gasteiger partial charge in [0, 0.05) is 0 Å². The van der Waals surface area contributed by atoms with E-state index in [-0.39, 0.29) is 11.2 Å². The van der Waals surface area contributed by atoms with Gasteiger partial charge in [0.05, 0.1) is 19.4 Å². The average Bonchev–Trinajstić information content (AvgIpc) is 2.97. The summed E-state index contributed by atoms with van der Waals surface area (Å²) in [5.41, 5.74) is 3.11. The highest BCUT2D eigenvalue weighted by atomic mass is 16.1. The van der Waals surface area contributed by atoms with Crippen LogP contribution in [-0.4, -0.2) is 19.1 Å². The molecule has 2 N–H and O–H groups in total. The fourth-order valence-electron chi connectivity index (χ4n) is 2.98. The van der Waals surface area contributed by atoms with E-state index in [1.54, 1.807) is 10.9 Å². The van der Waals surface area contributed by atoms with E-state index in [0.717, 1.165) is 11.1 Å². The van der Waals surface area contributed by atoms with Crippen LogP contribution in [0, 0.1) is 5.41 Å². The third-order valence-electron chi connectivity index (χ3n) is 4.17. The van der Waals surface area contributed by atoms with E-state index in [0.29, 0.717) is 24.3 Å². The Hall–Kier alpha value is -3.41. The highest BCUT2D eigenvalue weighted by Crippen LogP contribution is 2.11. The Morgan fingerprint density at radius 1 is 0.920 bits per heavy atom. The number of nitrogens with zero attached hydrogens (tertiary/aromatic N) is 3. The molecule has 0 aliphatic carbocycles. The van der Waals surface area contributed by atoms with Crippen molar-refractivity contribution in [1.29, 1.82) is 5.41 Å². The Kier molecular flexibility index (Phi) is 3.78. The molecule has 2 heterocycles.